The summed E-state index contributed by atoms with van der Waals surface area (Å²) in [4.78, 5) is 20.9. The number of aromatic hydroxyl groups is 2. The zero-order valence-electron chi connectivity index (χ0n) is 14.9. The number of fused-ring (bicyclic) bond motifs is 1. The molecule has 3 aromatic rings. The lowest BCUT2D eigenvalue weighted by molar-refractivity contribution is 0.419. The van der Waals surface area contributed by atoms with Crippen LogP contribution in [0.25, 0.3) is 0 Å². The normalized spacial score (nSPS) is 16.2. The molecule has 3 N–H and O–H groups in total. The molecule has 0 spiro atoms. The van der Waals surface area contributed by atoms with Crippen molar-refractivity contribution in [1.29, 1.82) is 0 Å². The maximum absolute atomic E-state index is 12.6. The first-order valence-corrected chi connectivity index (χ1v) is 9.87. The summed E-state index contributed by atoms with van der Waals surface area (Å²) in [5.41, 5.74) is 1.75. The first-order valence-electron chi connectivity index (χ1n) is 8.59. The molecule has 142 valence electrons. The van der Waals surface area contributed by atoms with Crippen LogP contribution >= 0.6 is 24.0 Å². The highest BCUT2D eigenvalue weighted by molar-refractivity contribution is 7.99. The molecule has 8 heteroatoms. The Morgan fingerprint density at radius 1 is 1.21 bits per heavy atom. The number of phenolic OH excluding ortho intramolecular Hbond substituents is 1. The van der Waals surface area contributed by atoms with Crippen molar-refractivity contribution in [2.45, 2.75) is 16.6 Å². The Labute approximate surface area is 170 Å². The smallest absolute Gasteiger partial charge is 0.264 e. The van der Waals surface area contributed by atoms with Gasteiger partial charge in [0.2, 0.25) is 5.88 Å². The molecule has 0 unspecified atom stereocenters. The molecule has 0 saturated carbocycles. The van der Waals surface area contributed by atoms with Gasteiger partial charge in [0.1, 0.15) is 11.3 Å². The molecule has 1 aliphatic rings. The van der Waals surface area contributed by atoms with Crippen molar-refractivity contribution >= 4 is 35.4 Å². The van der Waals surface area contributed by atoms with Gasteiger partial charge in [-0.2, -0.15) is 0 Å². The second kappa shape index (κ2) is 7.29. The first kappa shape index (κ1) is 18.5. The van der Waals surface area contributed by atoms with Crippen LogP contribution in [0.5, 0.6) is 11.6 Å². The highest BCUT2D eigenvalue weighted by Crippen LogP contribution is 2.46. The Hall–Kier alpha value is -2.84. The van der Waals surface area contributed by atoms with E-state index in [2.05, 4.69) is 4.98 Å². The predicted octanol–water partition coefficient (Wildman–Crippen LogP) is 4.21. The molecular weight excluding hydrogens is 394 g/mol. The minimum atomic E-state index is -0.474. The third kappa shape index (κ3) is 3.36. The van der Waals surface area contributed by atoms with Crippen molar-refractivity contribution < 1.29 is 10.2 Å². The van der Waals surface area contributed by atoms with Crippen LogP contribution in [-0.4, -0.2) is 25.5 Å². The number of aromatic amines is 1. The molecule has 1 aliphatic heterocycles. The molecule has 2 aromatic carbocycles. The monoisotopic (exact) mass is 411 g/mol. The van der Waals surface area contributed by atoms with E-state index < -0.39 is 5.56 Å². The van der Waals surface area contributed by atoms with E-state index in [1.54, 1.807) is 37.0 Å². The van der Waals surface area contributed by atoms with Crippen molar-refractivity contribution in [2.24, 2.45) is 12.0 Å². The van der Waals surface area contributed by atoms with Gasteiger partial charge in [-0.05, 0) is 42.0 Å². The number of phenols is 1. The van der Waals surface area contributed by atoms with Crippen molar-refractivity contribution in [2.75, 3.05) is 0 Å². The van der Waals surface area contributed by atoms with Crippen LogP contribution in [0.4, 0.5) is 5.69 Å². The maximum atomic E-state index is 12.6. The van der Waals surface area contributed by atoms with Crippen molar-refractivity contribution in [3.8, 4) is 11.6 Å². The van der Waals surface area contributed by atoms with Crippen LogP contribution in [0.15, 0.2) is 63.2 Å². The van der Waals surface area contributed by atoms with Gasteiger partial charge >= 0.3 is 0 Å². The molecule has 0 aliphatic carbocycles. The minimum absolute atomic E-state index is 0.0956. The number of nitrogens with one attached hydrogen (secondary N) is 1. The third-order valence-corrected chi connectivity index (χ3v) is 6.29. The number of aliphatic imine (C=N–C) groups is 1. The first-order chi connectivity index (χ1) is 13.4. The summed E-state index contributed by atoms with van der Waals surface area (Å²) in [6, 6.07) is 14.7. The molecule has 0 amide bonds. The molecule has 28 heavy (non-hydrogen) atoms. The number of thioether (sulfide) groups is 1. The molecule has 4 rings (SSSR count). The predicted molar refractivity (Wildman–Crippen MR) is 112 cm³/mol. The van der Waals surface area contributed by atoms with Crippen LogP contribution in [0, 0.1) is 4.77 Å². The lowest BCUT2D eigenvalue weighted by Crippen LogP contribution is -2.23. The number of benzene rings is 2. The number of H-pyrrole nitrogens is 1. The fourth-order valence-electron chi connectivity index (χ4n) is 3.15. The molecular formula is C20H17N3O3S2. The lowest BCUT2D eigenvalue weighted by atomic mass is 10.0. The molecule has 0 saturated heterocycles. The standard InChI is InChI=1S/C20H17N3O3S2/c1-23-19(26)17(18(25)22-20(23)27)14-10-16(11-5-4-6-12(24)9-11)28-15-8-3-2-7-13(15)21-14/h2-9,16,24,26H,10H2,1H3,(H,22,25,27)/t16-/m1/s1. The SMILES string of the molecule is Cn1c(O)c(C2=Nc3ccccc3S[C@@H](c3cccc(O)c3)C2)c(=O)[nH]c1=S. The van der Waals surface area contributed by atoms with E-state index in [0.29, 0.717) is 12.1 Å². The van der Waals surface area contributed by atoms with Crippen LogP contribution in [-0.2, 0) is 7.05 Å². The summed E-state index contributed by atoms with van der Waals surface area (Å²) in [6.45, 7) is 0. The summed E-state index contributed by atoms with van der Waals surface area (Å²) in [5.74, 6) is -0.0387. The third-order valence-electron chi connectivity index (χ3n) is 4.59. The van der Waals surface area contributed by atoms with E-state index >= 15 is 0 Å². The summed E-state index contributed by atoms with van der Waals surface area (Å²) >= 11 is 6.68. The topological polar surface area (TPSA) is 90.6 Å². The Bertz CT molecular complexity index is 1210. The maximum Gasteiger partial charge on any atom is 0.264 e. The number of aromatic nitrogens is 2. The fraction of sp³-hybridized carbons (Fsp3) is 0.150. The van der Waals surface area contributed by atoms with Gasteiger partial charge in [0.05, 0.1) is 11.4 Å². The number of hydrogen-bond acceptors (Lipinski definition) is 6. The summed E-state index contributed by atoms with van der Waals surface area (Å²) in [6.07, 6.45) is 0.399. The van der Waals surface area contributed by atoms with E-state index in [-0.39, 0.29) is 27.2 Å². The lowest BCUT2D eigenvalue weighted by Gasteiger charge is -2.17. The molecule has 0 bridgehead atoms. The van der Waals surface area contributed by atoms with Crippen LogP contribution < -0.4 is 5.56 Å². The van der Waals surface area contributed by atoms with Crippen LogP contribution in [0.3, 0.4) is 0 Å². The Kier molecular flexibility index (Phi) is 4.82. The number of hydrogen-bond donors (Lipinski definition) is 3. The second-order valence-corrected chi connectivity index (χ2v) is 8.08. The zero-order chi connectivity index (χ0) is 19.8. The molecule has 0 radical (unpaired) electrons. The van der Waals surface area contributed by atoms with Gasteiger partial charge in [0.25, 0.3) is 5.56 Å². The van der Waals surface area contributed by atoms with Crippen LogP contribution in [0.2, 0.25) is 0 Å². The molecule has 1 aromatic heterocycles. The zero-order valence-corrected chi connectivity index (χ0v) is 16.5. The quantitative estimate of drug-likeness (QED) is 0.550. The Morgan fingerprint density at radius 3 is 2.79 bits per heavy atom. The van der Waals surface area contributed by atoms with E-state index in [9.17, 15) is 15.0 Å². The number of nitrogens with zero attached hydrogens (tertiary/aromatic N) is 2. The summed E-state index contributed by atoms with van der Waals surface area (Å²) in [7, 11) is 1.59. The van der Waals surface area contributed by atoms with Gasteiger partial charge in [-0.3, -0.25) is 19.3 Å². The highest BCUT2D eigenvalue weighted by Gasteiger charge is 2.26. The molecule has 6 nitrogen and oxygen atoms in total. The van der Waals surface area contributed by atoms with E-state index in [0.717, 1.165) is 16.1 Å². The minimum Gasteiger partial charge on any atom is -0.508 e. The van der Waals surface area contributed by atoms with Crippen molar-refractivity contribution in [3.63, 3.8) is 0 Å². The molecule has 2 heterocycles. The number of para-hydroxylation sites is 1. The largest absolute Gasteiger partial charge is 0.508 e. The van der Waals surface area contributed by atoms with Gasteiger partial charge in [-0.1, -0.05) is 24.3 Å². The van der Waals surface area contributed by atoms with Crippen molar-refractivity contribution in [1.82, 2.24) is 9.55 Å². The van der Waals surface area contributed by atoms with Gasteiger partial charge < -0.3 is 10.2 Å². The number of rotatable bonds is 2. The Morgan fingerprint density at radius 2 is 2.00 bits per heavy atom. The fourth-order valence-corrected chi connectivity index (χ4v) is 4.55. The van der Waals surface area contributed by atoms with Crippen LogP contribution in [0.1, 0.15) is 22.8 Å². The Balaban J connectivity index is 1.92. The van der Waals surface area contributed by atoms with Crippen molar-refractivity contribution in [3.05, 3.63) is 74.8 Å². The average Bonchev–Trinajstić information content (AvgIpc) is 2.86. The van der Waals surface area contributed by atoms with Gasteiger partial charge in [0, 0.05) is 23.6 Å². The highest BCUT2D eigenvalue weighted by atomic mass is 32.2. The van der Waals surface area contributed by atoms with Gasteiger partial charge in [-0.25, -0.2) is 0 Å². The van der Waals surface area contributed by atoms with E-state index in [1.165, 1.54) is 4.57 Å². The average molecular weight is 412 g/mol. The molecule has 0 fully saturated rings. The van der Waals surface area contributed by atoms with Gasteiger partial charge in [-0.15, -0.1) is 11.8 Å². The summed E-state index contributed by atoms with van der Waals surface area (Å²) in [5, 5.41) is 20.4. The van der Waals surface area contributed by atoms with E-state index in [1.807, 2.05) is 30.3 Å². The molecule has 1 atom stereocenters. The van der Waals surface area contributed by atoms with E-state index in [4.69, 9.17) is 17.2 Å². The summed E-state index contributed by atoms with van der Waals surface area (Å²) < 4.78 is 1.49. The van der Waals surface area contributed by atoms with Gasteiger partial charge in [0.15, 0.2) is 4.77 Å². The second-order valence-electron chi connectivity index (χ2n) is 6.45.